The number of aliphatic hydroxyl groups is 2. The molecule has 0 heterocycles. The zero-order chi connectivity index (χ0) is 11.8. The van der Waals surface area contributed by atoms with Gasteiger partial charge in [-0.25, -0.2) is 0 Å². The summed E-state index contributed by atoms with van der Waals surface area (Å²) in [5.74, 6) is -0.0830. The summed E-state index contributed by atoms with van der Waals surface area (Å²) in [5, 5.41) is 18.4. The van der Waals surface area contributed by atoms with Gasteiger partial charge in [0, 0.05) is 19.1 Å². The normalized spacial score (nSPS) is 14.7. The first-order valence-corrected chi connectivity index (χ1v) is 5.64. The maximum absolute atomic E-state index is 9.57. The predicted octanol–water partition coefficient (Wildman–Crippen LogP) is 1.58. The van der Waals surface area contributed by atoms with Crippen LogP contribution in [0.1, 0.15) is 18.9 Å². The highest BCUT2D eigenvalue weighted by Gasteiger charge is 2.12. The molecule has 16 heavy (non-hydrogen) atoms. The van der Waals surface area contributed by atoms with E-state index in [0.29, 0.717) is 19.6 Å². The number of rotatable bonds is 7. The molecule has 1 aromatic carbocycles. The molecule has 0 unspecified atom stereocenters. The van der Waals surface area contributed by atoms with Gasteiger partial charge in [0.25, 0.3) is 0 Å². The van der Waals surface area contributed by atoms with Gasteiger partial charge in [0.2, 0.25) is 0 Å². The third-order valence-corrected chi connectivity index (χ3v) is 2.61. The second kappa shape index (κ2) is 7.39. The van der Waals surface area contributed by atoms with Crippen LogP contribution in [0.25, 0.3) is 0 Å². The van der Waals surface area contributed by atoms with Crippen molar-refractivity contribution >= 4 is 0 Å². The molecule has 0 spiro atoms. The molecule has 2 atom stereocenters. The summed E-state index contributed by atoms with van der Waals surface area (Å²) in [6, 6.07) is 9.93. The van der Waals surface area contributed by atoms with Gasteiger partial charge in [-0.05, 0) is 12.0 Å². The van der Waals surface area contributed by atoms with E-state index < -0.39 is 6.10 Å². The van der Waals surface area contributed by atoms with E-state index in [1.807, 2.05) is 37.3 Å². The Morgan fingerprint density at radius 1 is 1.25 bits per heavy atom. The highest BCUT2D eigenvalue weighted by molar-refractivity contribution is 5.13. The molecule has 0 saturated carbocycles. The monoisotopic (exact) mass is 224 g/mol. The molecule has 2 N–H and O–H groups in total. The molecule has 3 heteroatoms. The number of ether oxygens (including phenoxy) is 1. The Morgan fingerprint density at radius 3 is 2.56 bits per heavy atom. The van der Waals surface area contributed by atoms with Crippen LogP contribution in [0.15, 0.2) is 30.3 Å². The second-order valence-corrected chi connectivity index (χ2v) is 4.05. The van der Waals surface area contributed by atoms with Crippen molar-refractivity contribution in [2.24, 2.45) is 5.92 Å². The molecule has 1 rings (SSSR count). The van der Waals surface area contributed by atoms with Crippen LogP contribution in [0.5, 0.6) is 0 Å². The molecule has 0 fully saturated rings. The van der Waals surface area contributed by atoms with Crippen molar-refractivity contribution in [2.75, 3.05) is 13.2 Å². The number of hydrogen-bond acceptors (Lipinski definition) is 3. The van der Waals surface area contributed by atoms with Crippen molar-refractivity contribution < 1.29 is 14.9 Å². The third kappa shape index (κ3) is 4.75. The van der Waals surface area contributed by atoms with Gasteiger partial charge in [-0.1, -0.05) is 37.3 Å². The minimum absolute atomic E-state index is 0.0137. The lowest BCUT2D eigenvalue weighted by molar-refractivity contribution is 0.0325. The van der Waals surface area contributed by atoms with Crippen LogP contribution >= 0.6 is 0 Å². The molecule has 0 radical (unpaired) electrons. The van der Waals surface area contributed by atoms with Crippen LogP contribution < -0.4 is 0 Å². The average molecular weight is 224 g/mol. The molecule has 1 aromatic rings. The van der Waals surface area contributed by atoms with Crippen LogP contribution in [0.4, 0.5) is 0 Å². The highest BCUT2D eigenvalue weighted by Crippen LogP contribution is 2.07. The molecule has 0 bridgehead atoms. The van der Waals surface area contributed by atoms with Crippen LogP contribution in [-0.2, 0) is 11.3 Å². The van der Waals surface area contributed by atoms with Crippen molar-refractivity contribution in [1.82, 2.24) is 0 Å². The van der Waals surface area contributed by atoms with Crippen LogP contribution in [0.2, 0.25) is 0 Å². The summed E-state index contributed by atoms with van der Waals surface area (Å²) in [5.41, 5.74) is 1.13. The Hall–Kier alpha value is -0.900. The van der Waals surface area contributed by atoms with Gasteiger partial charge >= 0.3 is 0 Å². The summed E-state index contributed by atoms with van der Waals surface area (Å²) < 4.78 is 5.44. The molecule has 0 saturated heterocycles. The van der Waals surface area contributed by atoms with Crippen LogP contribution in [0, 0.1) is 5.92 Å². The maximum atomic E-state index is 9.57. The Balaban J connectivity index is 2.13. The highest BCUT2D eigenvalue weighted by atomic mass is 16.5. The number of hydrogen-bond donors (Lipinski definition) is 2. The Bertz CT molecular complexity index is 274. The topological polar surface area (TPSA) is 49.7 Å². The molecule has 3 nitrogen and oxygen atoms in total. The van der Waals surface area contributed by atoms with E-state index in [-0.39, 0.29) is 12.5 Å². The summed E-state index contributed by atoms with van der Waals surface area (Å²) in [7, 11) is 0. The molecule has 0 aliphatic carbocycles. The summed E-state index contributed by atoms with van der Waals surface area (Å²) in [6.07, 6.45) is 0.0787. The standard InChI is InChI=1S/C13H20O3/c1-11(9-14)13(15)7-8-16-10-12-5-3-2-4-6-12/h2-6,11,13-15H,7-10H2,1H3/t11-,13+/m0/s1. The van der Waals surface area contributed by atoms with Gasteiger partial charge in [0.1, 0.15) is 0 Å². The van der Waals surface area contributed by atoms with Gasteiger partial charge < -0.3 is 14.9 Å². The second-order valence-electron chi connectivity index (χ2n) is 4.05. The van der Waals surface area contributed by atoms with Crippen molar-refractivity contribution in [3.05, 3.63) is 35.9 Å². The Morgan fingerprint density at radius 2 is 1.94 bits per heavy atom. The lowest BCUT2D eigenvalue weighted by Gasteiger charge is -2.16. The predicted molar refractivity (Wildman–Crippen MR) is 63.0 cm³/mol. The van der Waals surface area contributed by atoms with E-state index in [0.717, 1.165) is 5.56 Å². The fraction of sp³-hybridized carbons (Fsp3) is 0.538. The first-order chi connectivity index (χ1) is 7.74. The number of benzene rings is 1. The lowest BCUT2D eigenvalue weighted by atomic mass is 10.0. The maximum Gasteiger partial charge on any atom is 0.0716 e. The average Bonchev–Trinajstić information content (AvgIpc) is 2.34. The molecule has 0 aliphatic heterocycles. The van der Waals surface area contributed by atoms with E-state index in [1.165, 1.54) is 0 Å². The minimum Gasteiger partial charge on any atom is -0.396 e. The van der Waals surface area contributed by atoms with Gasteiger partial charge in [0.05, 0.1) is 12.7 Å². The van der Waals surface area contributed by atoms with E-state index >= 15 is 0 Å². The molecule has 0 amide bonds. The van der Waals surface area contributed by atoms with Crippen molar-refractivity contribution in [1.29, 1.82) is 0 Å². The quantitative estimate of drug-likeness (QED) is 0.691. The van der Waals surface area contributed by atoms with E-state index in [4.69, 9.17) is 9.84 Å². The van der Waals surface area contributed by atoms with Crippen molar-refractivity contribution in [3.63, 3.8) is 0 Å². The fourth-order valence-corrected chi connectivity index (χ4v) is 1.37. The zero-order valence-corrected chi connectivity index (χ0v) is 9.67. The largest absolute Gasteiger partial charge is 0.396 e. The Labute approximate surface area is 96.7 Å². The van der Waals surface area contributed by atoms with Crippen molar-refractivity contribution in [2.45, 2.75) is 26.1 Å². The van der Waals surface area contributed by atoms with Crippen LogP contribution in [-0.4, -0.2) is 29.5 Å². The smallest absolute Gasteiger partial charge is 0.0716 e. The van der Waals surface area contributed by atoms with E-state index in [2.05, 4.69) is 0 Å². The summed E-state index contributed by atoms with van der Waals surface area (Å²) >= 11 is 0. The fourth-order valence-electron chi connectivity index (χ4n) is 1.37. The summed E-state index contributed by atoms with van der Waals surface area (Å²) in [6.45, 7) is 2.92. The first kappa shape index (κ1) is 13.2. The molecule has 0 aliphatic rings. The van der Waals surface area contributed by atoms with Gasteiger partial charge in [0.15, 0.2) is 0 Å². The van der Waals surface area contributed by atoms with E-state index in [9.17, 15) is 5.11 Å². The summed E-state index contributed by atoms with van der Waals surface area (Å²) in [4.78, 5) is 0. The molecule has 0 aromatic heterocycles. The van der Waals surface area contributed by atoms with Crippen LogP contribution in [0.3, 0.4) is 0 Å². The lowest BCUT2D eigenvalue weighted by Crippen LogP contribution is -2.22. The van der Waals surface area contributed by atoms with E-state index in [1.54, 1.807) is 0 Å². The minimum atomic E-state index is -0.485. The SMILES string of the molecule is C[C@@H](CO)[C@H](O)CCOCc1ccccc1. The number of aliphatic hydroxyl groups excluding tert-OH is 2. The Kier molecular flexibility index (Phi) is 6.08. The van der Waals surface area contributed by atoms with Gasteiger partial charge in [-0.15, -0.1) is 0 Å². The van der Waals surface area contributed by atoms with Gasteiger partial charge in [-0.3, -0.25) is 0 Å². The molecular weight excluding hydrogens is 204 g/mol. The zero-order valence-electron chi connectivity index (χ0n) is 9.67. The van der Waals surface area contributed by atoms with Gasteiger partial charge in [-0.2, -0.15) is 0 Å². The molecular formula is C13H20O3. The van der Waals surface area contributed by atoms with Crippen molar-refractivity contribution in [3.8, 4) is 0 Å². The third-order valence-electron chi connectivity index (χ3n) is 2.61. The first-order valence-electron chi connectivity index (χ1n) is 5.64. The molecule has 90 valence electrons.